The summed E-state index contributed by atoms with van der Waals surface area (Å²) >= 11 is 5.60. The molecule has 0 aromatic rings. The van der Waals surface area contributed by atoms with Crippen molar-refractivity contribution < 1.29 is 29.3 Å². The second kappa shape index (κ2) is 6.04. The van der Waals surface area contributed by atoms with E-state index in [-0.39, 0.29) is 18.7 Å². The predicted octanol–water partition coefficient (Wildman–Crippen LogP) is 0.826. The van der Waals surface area contributed by atoms with Crippen molar-refractivity contribution in [1.29, 1.82) is 0 Å². The number of esters is 1. The highest BCUT2D eigenvalue weighted by molar-refractivity contribution is 6.17. The van der Waals surface area contributed by atoms with E-state index in [1.165, 1.54) is 0 Å². The summed E-state index contributed by atoms with van der Waals surface area (Å²) < 4.78 is 4.58. The first-order chi connectivity index (χ1) is 8.43. The molecule has 0 aromatic carbocycles. The molecule has 4 atom stereocenters. The van der Waals surface area contributed by atoms with Crippen LogP contribution in [0.3, 0.4) is 0 Å². The molecular formula is C11H15ClO6. The fourth-order valence-corrected chi connectivity index (χ4v) is 2.92. The first-order valence-corrected chi connectivity index (χ1v) is 6.06. The Morgan fingerprint density at radius 1 is 1.22 bits per heavy atom. The van der Waals surface area contributed by atoms with Gasteiger partial charge < -0.3 is 14.9 Å². The lowest BCUT2D eigenvalue weighted by Gasteiger charge is -2.21. The Morgan fingerprint density at radius 2 is 1.78 bits per heavy atom. The molecule has 4 unspecified atom stereocenters. The van der Waals surface area contributed by atoms with E-state index in [0.717, 1.165) is 7.11 Å². The molecule has 1 aliphatic rings. The minimum atomic E-state index is -1.17. The van der Waals surface area contributed by atoms with Gasteiger partial charge in [-0.3, -0.25) is 14.4 Å². The minimum absolute atomic E-state index is 0.0635. The maximum absolute atomic E-state index is 11.7. The Labute approximate surface area is 109 Å². The van der Waals surface area contributed by atoms with Crippen LogP contribution in [0, 0.1) is 23.7 Å². The first-order valence-electron chi connectivity index (χ1n) is 5.53. The second-order valence-electron chi connectivity index (χ2n) is 4.32. The van der Waals surface area contributed by atoms with Crippen molar-refractivity contribution in [2.75, 3.05) is 13.0 Å². The molecule has 0 aromatic heterocycles. The summed E-state index contributed by atoms with van der Waals surface area (Å²) in [7, 11) is 1.16. The highest BCUT2D eigenvalue weighted by Crippen LogP contribution is 2.44. The molecule has 6 nitrogen and oxygen atoms in total. The van der Waals surface area contributed by atoms with E-state index in [4.69, 9.17) is 21.8 Å². The third-order valence-electron chi connectivity index (χ3n) is 3.47. The van der Waals surface area contributed by atoms with Gasteiger partial charge in [-0.1, -0.05) is 0 Å². The number of carboxylic acids is 2. The van der Waals surface area contributed by atoms with Crippen molar-refractivity contribution in [3.63, 3.8) is 0 Å². The second-order valence-corrected chi connectivity index (χ2v) is 4.69. The molecule has 0 bridgehead atoms. The molecule has 0 radical (unpaired) electrons. The van der Waals surface area contributed by atoms with Gasteiger partial charge in [0.25, 0.3) is 0 Å². The SMILES string of the molecule is COC(=O)C1C(C(=O)O)CC(C(=O)O)C1CCCl. The van der Waals surface area contributed by atoms with E-state index in [0.29, 0.717) is 0 Å². The van der Waals surface area contributed by atoms with Crippen LogP contribution in [0.1, 0.15) is 12.8 Å². The Morgan fingerprint density at radius 3 is 2.17 bits per heavy atom. The summed E-state index contributed by atoms with van der Waals surface area (Å²) in [5.41, 5.74) is 0. The molecule has 0 heterocycles. The van der Waals surface area contributed by atoms with Gasteiger partial charge in [0, 0.05) is 5.88 Å². The van der Waals surface area contributed by atoms with E-state index >= 15 is 0 Å². The van der Waals surface area contributed by atoms with Crippen LogP contribution in [-0.4, -0.2) is 41.1 Å². The summed E-state index contributed by atoms with van der Waals surface area (Å²) in [4.78, 5) is 33.9. The summed E-state index contributed by atoms with van der Waals surface area (Å²) in [5.74, 6) is -6.19. The van der Waals surface area contributed by atoms with Crippen LogP contribution in [0.5, 0.6) is 0 Å². The highest BCUT2D eigenvalue weighted by atomic mass is 35.5. The third kappa shape index (κ3) is 2.75. The summed E-state index contributed by atoms with van der Waals surface area (Å²) in [6.45, 7) is 0. The predicted molar refractivity (Wildman–Crippen MR) is 61.2 cm³/mol. The largest absolute Gasteiger partial charge is 0.481 e. The molecule has 0 aliphatic heterocycles. The van der Waals surface area contributed by atoms with Gasteiger partial charge in [-0.15, -0.1) is 11.6 Å². The van der Waals surface area contributed by atoms with Crippen molar-refractivity contribution in [2.24, 2.45) is 23.7 Å². The number of methoxy groups -OCH3 is 1. The van der Waals surface area contributed by atoms with Gasteiger partial charge in [0.05, 0.1) is 24.9 Å². The number of carboxylic acid groups (broad SMARTS) is 2. The van der Waals surface area contributed by atoms with E-state index in [1.807, 2.05) is 0 Å². The quantitative estimate of drug-likeness (QED) is 0.570. The maximum Gasteiger partial charge on any atom is 0.309 e. The van der Waals surface area contributed by atoms with E-state index in [2.05, 4.69) is 4.74 Å². The van der Waals surface area contributed by atoms with Gasteiger partial charge in [-0.25, -0.2) is 0 Å². The number of aliphatic carboxylic acids is 2. The smallest absolute Gasteiger partial charge is 0.309 e. The zero-order valence-electron chi connectivity index (χ0n) is 9.84. The summed E-state index contributed by atoms with van der Waals surface area (Å²) in [6.07, 6.45) is 0.216. The first kappa shape index (κ1) is 14.8. The number of hydrogen-bond acceptors (Lipinski definition) is 4. The molecule has 102 valence electrons. The number of carbonyl (C=O) groups excluding carboxylic acids is 1. The lowest BCUT2D eigenvalue weighted by atomic mass is 9.85. The number of carbonyl (C=O) groups is 3. The van der Waals surface area contributed by atoms with Crippen molar-refractivity contribution in [2.45, 2.75) is 12.8 Å². The van der Waals surface area contributed by atoms with Crippen molar-refractivity contribution in [3.8, 4) is 0 Å². The number of halogens is 1. The summed E-state index contributed by atoms with van der Waals surface area (Å²) in [6, 6.07) is 0. The molecule has 1 aliphatic carbocycles. The molecule has 1 fully saturated rings. The van der Waals surface area contributed by atoms with Crippen LogP contribution in [0.4, 0.5) is 0 Å². The van der Waals surface area contributed by atoms with E-state index < -0.39 is 41.6 Å². The van der Waals surface area contributed by atoms with Gasteiger partial charge in [0.1, 0.15) is 0 Å². The summed E-state index contributed by atoms with van der Waals surface area (Å²) in [5, 5.41) is 18.2. The van der Waals surface area contributed by atoms with Crippen LogP contribution in [0.15, 0.2) is 0 Å². The molecular weight excluding hydrogens is 264 g/mol. The molecule has 0 spiro atoms. The molecule has 1 rings (SSSR count). The Balaban J connectivity index is 3.06. The number of ether oxygens (including phenoxy) is 1. The van der Waals surface area contributed by atoms with Crippen LogP contribution in [-0.2, 0) is 19.1 Å². The maximum atomic E-state index is 11.7. The Hall–Kier alpha value is -1.30. The Bertz CT molecular complexity index is 355. The van der Waals surface area contributed by atoms with Gasteiger partial charge in [0.2, 0.25) is 0 Å². The van der Waals surface area contributed by atoms with Crippen LogP contribution in [0.2, 0.25) is 0 Å². The number of rotatable bonds is 5. The average molecular weight is 279 g/mol. The molecule has 7 heteroatoms. The van der Waals surface area contributed by atoms with Crippen molar-refractivity contribution in [3.05, 3.63) is 0 Å². The van der Waals surface area contributed by atoms with Gasteiger partial charge in [0.15, 0.2) is 0 Å². The molecule has 1 saturated carbocycles. The molecule has 18 heavy (non-hydrogen) atoms. The zero-order valence-corrected chi connectivity index (χ0v) is 10.6. The number of hydrogen-bond donors (Lipinski definition) is 2. The van der Waals surface area contributed by atoms with Gasteiger partial charge in [-0.05, 0) is 18.8 Å². The molecule has 0 amide bonds. The standard InChI is InChI=1S/C11H15ClO6/c1-18-11(17)8-5(2-3-12)6(9(13)14)4-7(8)10(15)16/h5-8H,2-4H2,1H3,(H,13,14)(H,15,16). The highest BCUT2D eigenvalue weighted by Gasteiger charge is 2.52. The van der Waals surface area contributed by atoms with E-state index in [9.17, 15) is 14.4 Å². The monoisotopic (exact) mass is 278 g/mol. The lowest BCUT2D eigenvalue weighted by molar-refractivity contribution is -0.156. The van der Waals surface area contributed by atoms with Crippen molar-refractivity contribution in [1.82, 2.24) is 0 Å². The van der Waals surface area contributed by atoms with Crippen LogP contribution in [0.25, 0.3) is 0 Å². The van der Waals surface area contributed by atoms with Gasteiger partial charge in [-0.2, -0.15) is 0 Å². The third-order valence-corrected chi connectivity index (χ3v) is 3.69. The van der Waals surface area contributed by atoms with Gasteiger partial charge >= 0.3 is 17.9 Å². The topological polar surface area (TPSA) is 101 Å². The molecule has 0 saturated heterocycles. The molecule has 2 N–H and O–H groups in total. The zero-order chi connectivity index (χ0) is 13.9. The average Bonchev–Trinajstić information content (AvgIpc) is 2.68. The van der Waals surface area contributed by atoms with Crippen LogP contribution >= 0.6 is 11.6 Å². The van der Waals surface area contributed by atoms with E-state index in [1.54, 1.807) is 0 Å². The fraction of sp³-hybridized carbons (Fsp3) is 0.727. The normalized spacial score (nSPS) is 31.0. The Kier molecular flexibility index (Phi) is 4.95. The van der Waals surface area contributed by atoms with Crippen LogP contribution < -0.4 is 0 Å². The lowest BCUT2D eigenvalue weighted by Crippen LogP contribution is -2.32. The fourth-order valence-electron chi connectivity index (χ4n) is 2.66. The minimum Gasteiger partial charge on any atom is -0.481 e. The van der Waals surface area contributed by atoms with Crippen molar-refractivity contribution >= 4 is 29.5 Å². The number of alkyl halides is 1.